The number of rotatable bonds is 2. The van der Waals surface area contributed by atoms with Crippen molar-refractivity contribution < 1.29 is 32.2 Å². The van der Waals surface area contributed by atoms with Gasteiger partial charge >= 0.3 is 12.2 Å². The molecule has 0 aliphatic carbocycles. The van der Waals surface area contributed by atoms with Crippen molar-refractivity contribution in [2.45, 2.75) is 6.18 Å². The molecule has 0 saturated heterocycles. The molecular weight excluding hydrogens is 377 g/mol. The standard InChI is InChI=1S/C16H10ClF3N2O4/c17-11-3-2-9(6-10(11)16(18,19)20)21-15(24)22-14(23)8-1-4-12-13(5-8)26-7-25-12/h1-6H,7H2,(H2,21,22,23,24). The lowest BCUT2D eigenvalue weighted by Gasteiger charge is -2.12. The highest BCUT2D eigenvalue weighted by Crippen LogP contribution is 2.36. The van der Waals surface area contributed by atoms with Crippen LogP contribution in [0, 0.1) is 0 Å². The lowest BCUT2D eigenvalue weighted by molar-refractivity contribution is -0.137. The minimum atomic E-state index is -4.67. The van der Waals surface area contributed by atoms with Gasteiger partial charge in [-0.15, -0.1) is 0 Å². The number of benzene rings is 2. The smallest absolute Gasteiger partial charge is 0.417 e. The number of hydrogen-bond acceptors (Lipinski definition) is 4. The van der Waals surface area contributed by atoms with Gasteiger partial charge in [-0.25, -0.2) is 4.79 Å². The summed E-state index contributed by atoms with van der Waals surface area (Å²) in [6.45, 7) is 0.0268. The molecule has 2 aromatic carbocycles. The van der Waals surface area contributed by atoms with E-state index in [0.717, 1.165) is 6.07 Å². The second-order valence-corrected chi connectivity index (χ2v) is 5.58. The third-order valence-corrected chi connectivity index (χ3v) is 3.72. The van der Waals surface area contributed by atoms with E-state index < -0.39 is 28.7 Å². The first-order valence-corrected chi connectivity index (χ1v) is 7.50. The van der Waals surface area contributed by atoms with Crippen LogP contribution in [0.1, 0.15) is 15.9 Å². The van der Waals surface area contributed by atoms with E-state index in [9.17, 15) is 22.8 Å². The lowest BCUT2D eigenvalue weighted by Crippen LogP contribution is -2.34. The second kappa shape index (κ2) is 6.75. The van der Waals surface area contributed by atoms with Crippen molar-refractivity contribution in [3.63, 3.8) is 0 Å². The Morgan fingerprint density at radius 2 is 1.77 bits per heavy atom. The Morgan fingerprint density at radius 3 is 2.50 bits per heavy atom. The Labute approximate surface area is 149 Å². The Bertz CT molecular complexity index is 886. The maximum atomic E-state index is 12.8. The summed E-state index contributed by atoms with van der Waals surface area (Å²) < 4.78 is 48.7. The second-order valence-electron chi connectivity index (χ2n) is 5.17. The molecule has 3 rings (SSSR count). The normalized spacial score (nSPS) is 12.6. The SMILES string of the molecule is O=C(NC(=O)c1ccc2c(c1)OCO2)Nc1ccc(Cl)c(C(F)(F)F)c1. The molecule has 1 aliphatic heterocycles. The monoisotopic (exact) mass is 386 g/mol. The molecule has 0 unspecified atom stereocenters. The summed E-state index contributed by atoms with van der Waals surface area (Å²) in [5.41, 5.74) is -1.15. The zero-order chi connectivity index (χ0) is 18.9. The molecule has 0 saturated carbocycles. The van der Waals surface area contributed by atoms with Gasteiger partial charge in [0.25, 0.3) is 5.91 Å². The molecule has 10 heteroatoms. The van der Waals surface area contributed by atoms with E-state index in [1.54, 1.807) is 0 Å². The maximum Gasteiger partial charge on any atom is 0.417 e. The number of halogens is 4. The molecule has 136 valence electrons. The van der Waals surface area contributed by atoms with Crippen LogP contribution in [0.15, 0.2) is 36.4 Å². The first kappa shape index (κ1) is 17.9. The van der Waals surface area contributed by atoms with Gasteiger partial charge in [-0.1, -0.05) is 11.6 Å². The molecule has 0 fully saturated rings. The first-order chi connectivity index (χ1) is 12.2. The molecule has 1 aliphatic rings. The minimum Gasteiger partial charge on any atom is -0.454 e. The van der Waals surface area contributed by atoms with Crippen LogP contribution in [0.25, 0.3) is 0 Å². The van der Waals surface area contributed by atoms with Gasteiger partial charge < -0.3 is 14.8 Å². The van der Waals surface area contributed by atoms with Crippen LogP contribution < -0.4 is 20.1 Å². The van der Waals surface area contributed by atoms with E-state index in [0.29, 0.717) is 17.6 Å². The van der Waals surface area contributed by atoms with Gasteiger partial charge in [0.05, 0.1) is 10.6 Å². The third kappa shape index (κ3) is 3.83. The van der Waals surface area contributed by atoms with Crippen LogP contribution in [0.2, 0.25) is 5.02 Å². The Kier molecular flexibility index (Phi) is 4.64. The number of anilines is 1. The number of nitrogens with one attached hydrogen (secondary N) is 2. The van der Waals surface area contributed by atoms with E-state index in [2.05, 4.69) is 5.32 Å². The van der Waals surface area contributed by atoms with Crippen LogP contribution >= 0.6 is 11.6 Å². The Hall–Kier alpha value is -2.94. The minimum absolute atomic E-state index is 0.0268. The van der Waals surface area contributed by atoms with Gasteiger partial charge in [-0.2, -0.15) is 13.2 Å². The van der Waals surface area contributed by atoms with E-state index in [1.165, 1.54) is 24.3 Å². The molecule has 3 amide bonds. The van der Waals surface area contributed by atoms with Gasteiger partial charge in [0.2, 0.25) is 6.79 Å². The predicted octanol–water partition coefficient (Wildman–Crippen LogP) is 4.05. The van der Waals surface area contributed by atoms with Gasteiger partial charge in [-0.3, -0.25) is 10.1 Å². The lowest BCUT2D eigenvalue weighted by atomic mass is 10.2. The van der Waals surface area contributed by atoms with Gasteiger partial charge in [-0.05, 0) is 36.4 Å². The fourth-order valence-corrected chi connectivity index (χ4v) is 2.42. The largest absolute Gasteiger partial charge is 0.454 e. The number of carbonyl (C=O) groups is 2. The van der Waals surface area contributed by atoms with Crippen molar-refractivity contribution in [2.24, 2.45) is 0 Å². The quantitative estimate of drug-likeness (QED) is 0.816. The highest BCUT2D eigenvalue weighted by molar-refractivity contribution is 6.31. The summed E-state index contributed by atoms with van der Waals surface area (Å²) >= 11 is 5.50. The number of carbonyl (C=O) groups excluding carboxylic acids is 2. The number of fused-ring (bicyclic) bond motifs is 1. The molecular formula is C16H10ClF3N2O4. The third-order valence-electron chi connectivity index (χ3n) is 3.39. The Balaban J connectivity index is 1.68. The molecule has 0 atom stereocenters. The number of amides is 3. The van der Waals surface area contributed by atoms with Crippen molar-refractivity contribution in [1.29, 1.82) is 0 Å². The van der Waals surface area contributed by atoms with Crippen molar-refractivity contribution in [3.05, 3.63) is 52.5 Å². The number of urea groups is 1. The summed E-state index contributed by atoms with van der Waals surface area (Å²) in [6.07, 6.45) is -4.67. The fourth-order valence-electron chi connectivity index (χ4n) is 2.20. The van der Waals surface area contributed by atoms with Crippen molar-refractivity contribution in [1.82, 2.24) is 5.32 Å². The average molecular weight is 387 g/mol. The van der Waals surface area contributed by atoms with Crippen LogP contribution in [0.5, 0.6) is 11.5 Å². The van der Waals surface area contributed by atoms with Crippen molar-refractivity contribution in [2.75, 3.05) is 12.1 Å². The molecule has 2 N–H and O–H groups in total. The van der Waals surface area contributed by atoms with Crippen LogP contribution in [0.4, 0.5) is 23.7 Å². The molecule has 0 bridgehead atoms. The molecule has 0 spiro atoms. The molecule has 1 heterocycles. The van der Waals surface area contributed by atoms with E-state index in [4.69, 9.17) is 21.1 Å². The molecule has 0 aromatic heterocycles. The fraction of sp³-hybridized carbons (Fsp3) is 0.125. The highest BCUT2D eigenvalue weighted by Gasteiger charge is 2.33. The predicted molar refractivity (Wildman–Crippen MR) is 85.5 cm³/mol. The van der Waals surface area contributed by atoms with E-state index >= 15 is 0 Å². The number of imide groups is 1. The molecule has 2 aromatic rings. The van der Waals surface area contributed by atoms with Crippen molar-refractivity contribution >= 4 is 29.2 Å². The zero-order valence-electron chi connectivity index (χ0n) is 12.8. The highest BCUT2D eigenvalue weighted by atomic mass is 35.5. The van der Waals surface area contributed by atoms with Gasteiger partial charge in [0.1, 0.15) is 0 Å². The van der Waals surface area contributed by atoms with Crippen LogP contribution in [-0.2, 0) is 6.18 Å². The van der Waals surface area contributed by atoms with Crippen LogP contribution in [-0.4, -0.2) is 18.7 Å². The first-order valence-electron chi connectivity index (χ1n) is 7.13. The summed E-state index contributed by atoms with van der Waals surface area (Å²) in [7, 11) is 0. The van der Waals surface area contributed by atoms with Gasteiger partial charge in [0.15, 0.2) is 11.5 Å². The molecule has 26 heavy (non-hydrogen) atoms. The summed E-state index contributed by atoms with van der Waals surface area (Å²) in [5.74, 6) is 0.0585. The summed E-state index contributed by atoms with van der Waals surface area (Å²) in [4.78, 5) is 23.9. The number of hydrogen-bond donors (Lipinski definition) is 2. The summed E-state index contributed by atoms with van der Waals surface area (Å²) in [5, 5.41) is 3.66. The van der Waals surface area contributed by atoms with Gasteiger partial charge in [0, 0.05) is 11.3 Å². The number of alkyl halides is 3. The zero-order valence-corrected chi connectivity index (χ0v) is 13.6. The van der Waals surface area contributed by atoms with E-state index in [1.807, 2.05) is 5.32 Å². The number of ether oxygens (including phenoxy) is 2. The average Bonchev–Trinajstić information content (AvgIpc) is 3.03. The molecule has 0 radical (unpaired) electrons. The topological polar surface area (TPSA) is 76.7 Å². The van der Waals surface area contributed by atoms with Crippen molar-refractivity contribution in [3.8, 4) is 11.5 Å². The Morgan fingerprint density at radius 1 is 1.04 bits per heavy atom. The molecule has 6 nitrogen and oxygen atoms in total. The van der Waals surface area contributed by atoms with E-state index in [-0.39, 0.29) is 18.0 Å². The maximum absolute atomic E-state index is 12.8. The van der Waals surface area contributed by atoms with Crippen LogP contribution in [0.3, 0.4) is 0 Å². The summed E-state index contributed by atoms with van der Waals surface area (Å²) in [6, 6.07) is 6.16.